The van der Waals surface area contributed by atoms with Gasteiger partial charge in [-0.2, -0.15) is 0 Å². The van der Waals surface area contributed by atoms with Crippen LogP contribution in [0.1, 0.15) is 23.6 Å². The Kier molecular flexibility index (Phi) is 9.98. The molecule has 0 bridgehead atoms. The molecule has 0 unspecified atom stereocenters. The molecule has 3 aromatic carbocycles. The van der Waals surface area contributed by atoms with Gasteiger partial charge >= 0.3 is 0 Å². The second-order valence-electron chi connectivity index (χ2n) is 7.80. The van der Waals surface area contributed by atoms with Crippen molar-refractivity contribution >= 4 is 35.2 Å². The quantitative estimate of drug-likeness (QED) is 0.380. The molecular formula is C27H28ClFN2O2S. The first kappa shape index (κ1) is 25.8. The Morgan fingerprint density at radius 3 is 2.29 bits per heavy atom. The number of amides is 2. The van der Waals surface area contributed by atoms with Gasteiger partial charge < -0.3 is 10.2 Å². The van der Waals surface area contributed by atoms with E-state index in [1.165, 1.54) is 17.8 Å². The van der Waals surface area contributed by atoms with Crippen molar-refractivity contribution < 1.29 is 14.0 Å². The van der Waals surface area contributed by atoms with Crippen molar-refractivity contribution in [2.75, 3.05) is 12.3 Å². The van der Waals surface area contributed by atoms with Crippen molar-refractivity contribution in [2.45, 2.75) is 31.7 Å². The number of hydrogen-bond acceptors (Lipinski definition) is 3. The molecular weight excluding hydrogens is 471 g/mol. The molecule has 7 heteroatoms. The standard InChI is InChI=1S/C27H28ClFN2O2S/c1-2-30-27(33)25(16-20-10-4-3-5-11-20)31(17-21-12-6-8-14-23(21)28)26(32)19-34-18-22-13-7-9-15-24(22)29/h3-15,25H,2,16-19H2,1H3,(H,30,33)/t25-/m0/s1. The Morgan fingerprint density at radius 1 is 0.971 bits per heavy atom. The Hall–Kier alpha value is -2.83. The number of carbonyl (C=O) groups excluding carboxylic acids is 2. The van der Waals surface area contributed by atoms with E-state index in [0.717, 1.165) is 11.1 Å². The number of rotatable bonds is 11. The van der Waals surface area contributed by atoms with Gasteiger partial charge in [0.15, 0.2) is 0 Å². The van der Waals surface area contributed by atoms with Crippen LogP contribution in [-0.4, -0.2) is 35.1 Å². The summed E-state index contributed by atoms with van der Waals surface area (Å²) in [6.07, 6.45) is 0.376. The molecule has 1 N–H and O–H groups in total. The lowest BCUT2D eigenvalue weighted by atomic mass is 10.0. The number of benzene rings is 3. The van der Waals surface area contributed by atoms with E-state index in [9.17, 15) is 14.0 Å². The fraction of sp³-hybridized carbons (Fsp3) is 0.259. The highest BCUT2D eigenvalue weighted by molar-refractivity contribution is 7.99. The summed E-state index contributed by atoms with van der Waals surface area (Å²) in [5.41, 5.74) is 2.26. The third-order valence-corrected chi connectivity index (χ3v) is 6.70. The monoisotopic (exact) mass is 498 g/mol. The molecule has 3 rings (SSSR count). The highest BCUT2D eigenvalue weighted by atomic mass is 35.5. The van der Waals surface area contributed by atoms with Crippen LogP contribution in [0.2, 0.25) is 5.02 Å². The molecule has 0 spiro atoms. The molecule has 178 valence electrons. The Bertz CT molecular complexity index is 1100. The summed E-state index contributed by atoms with van der Waals surface area (Å²) in [6, 6.07) is 22.7. The van der Waals surface area contributed by atoms with Gasteiger partial charge in [0.25, 0.3) is 0 Å². The van der Waals surface area contributed by atoms with E-state index < -0.39 is 6.04 Å². The molecule has 0 aromatic heterocycles. The highest BCUT2D eigenvalue weighted by Crippen LogP contribution is 2.22. The topological polar surface area (TPSA) is 49.4 Å². The lowest BCUT2D eigenvalue weighted by Crippen LogP contribution is -2.51. The average molecular weight is 499 g/mol. The average Bonchev–Trinajstić information content (AvgIpc) is 2.84. The van der Waals surface area contributed by atoms with E-state index in [1.807, 2.05) is 55.5 Å². The van der Waals surface area contributed by atoms with Crippen LogP contribution in [0.5, 0.6) is 0 Å². The number of nitrogens with zero attached hydrogens (tertiary/aromatic N) is 1. The van der Waals surface area contributed by atoms with E-state index in [-0.39, 0.29) is 29.9 Å². The first-order valence-electron chi connectivity index (χ1n) is 11.1. The lowest BCUT2D eigenvalue weighted by molar-refractivity contribution is -0.139. The number of likely N-dealkylation sites (N-methyl/N-ethyl adjacent to an activating group) is 1. The molecule has 0 aliphatic heterocycles. The summed E-state index contributed by atoms with van der Waals surface area (Å²) < 4.78 is 14.0. The molecule has 0 aliphatic carbocycles. The van der Waals surface area contributed by atoms with Gasteiger partial charge in [0.2, 0.25) is 11.8 Å². The summed E-state index contributed by atoms with van der Waals surface area (Å²) in [6.45, 7) is 2.51. The number of thioether (sulfide) groups is 1. The third kappa shape index (κ3) is 7.34. The zero-order chi connectivity index (χ0) is 24.3. The molecule has 0 radical (unpaired) electrons. The first-order valence-corrected chi connectivity index (χ1v) is 12.7. The van der Waals surface area contributed by atoms with Gasteiger partial charge in [-0.15, -0.1) is 11.8 Å². The van der Waals surface area contributed by atoms with Crippen LogP contribution in [0.4, 0.5) is 4.39 Å². The molecule has 4 nitrogen and oxygen atoms in total. The Morgan fingerprint density at radius 2 is 1.62 bits per heavy atom. The van der Waals surface area contributed by atoms with E-state index >= 15 is 0 Å². The second-order valence-corrected chi connectivity index (χ2v) is 9.19. The number of halogens is 2. The smallest absolute Gasteiger partial charge is 0.243 e. The van der Waals surface area contributed by atoms with Gasteiger partial charge in [-0.05, 0) is 35.7 Å². The van der Waals surface area contributed by atoms with Crippen molar-refractivity contribution in [3.63, 3.8) is 0 Å². The predicted octanol–water partition coefficient (Wildman–Crippen LogP) is 5.49. The maximum absolute atomic E-state index is 14.0. The van der Waals surface area contributed by atoms with Gasteiger partial charge in [0.1, 0.15) is 11.9 Å². The van der Waals surface area contributed by atoms with Crippen LogP contribution < -0.4 is 5.32 Å². The maximum Gasteiger partial charge on any atom is 0.243 e. The Labute approximate surface area is 209 Å². The van der Waals surface area contributed by atoms with E-state index in [1.54, 1.807) is 29.2 Å². The molecule has 0 aliphatic rings. The normalized spacial score (nSPS) is 11.6. The summed E-state index contributed by atoms with van der Waals surface area (Å²) in [5, 5.41) is 3.40. The molecule has 3 aromatic rings. The minimum Gasteiger partial charge on any atom is -0.355 e. The van der Waals surface area contributed by atoms with Gasteiger partial charge in [-0.3, -0.25) is 9.59 Å². The van der Waals surface area contributed by atoms with E-state index in [4.69, 9.17) is 11.6 Å². The van der Waals surface area contributed by atoms with Crippen LogP contribution in [-0.2, 0) is 28.3 Å². The van der Waals surface area contributed by atoms with Crippen LogP contribution in [0, 0.1) is 5.82 Å². The van der Waals surface area contributed by atoms with E-state index in [2.05, 4.69) is 5.32 Å². The summed E-state index contributed by atoms with van der Waals surface area (Å²) in [7, 11) is 0. The fourth-order valence-corrected chi connectivity index (χ4v) is 4.69. The lowest BCUT2D eigenvalue weighted by Gasteiger charge is -2.31. The molecule has 0 saturated heterocycles. The molecule has 0 saturated carbocycles. The predicted molar refractivity (Wildman–Crippen MR) is 137 cm³/mol. The first-order chi connectivity index (χ1) is 16.5. The molecule has 0 fully saturated rings. The van der Waals surface area contributed by atoms with Crippen molar-refractivity contribution in [1.29, 1.82) is 0 Å². The zero-order valence-electron chi connectivity index (χ0n) is 19.0. The largest absolute Gasteiger partial charge is 0.355 e. The minimum atomic E-state index is -0.708. The van der Waals surface area contributed by atoms with Crippen molar-refractivity contribution in [2.24, 2.45) is 0 Å². The van der Waals surface area contributed by atoms with Gasteiger partial charge in [-0.25, -0.2) is 4.39 Å². The van der Waals surface area contributed by atoms with E-state index in [0.29, 0.717) is 29.3 Å². The highest BCUT2D eigenvalue weighted by Gasteiger charge is 2.30. The van der Waals surface area contributed by atoms with Crippen LogP contribution >= 0.6 is 23.4 Å². The number of nitrogens with one attached hydrogen (secondary N) is 1. The Balaban J connectivity index is 1.84. The van der Waals surface area contributed by atoms with Crippen LogP contribution in [0.3, 0.4) is 0 Å². The summed E-state index contributed by atoms with van der Waals surface area (Å²) in [4.78, 5) is 28.2. The molecule has 2 amide bonds. The summed E-state index contributed by atoms with van der Waals surface area (Å²) >= 11 is 7.72. The van der Waals surface area contributed by atoms with Crippen molar-refractivity contribution in [3.8, 4) is 0 Å². The van der Waals surface area contributed by atoms with Crippen LogP contribution in [0.25, 0.3) is 0 Å². The molecule has 34 heavy (non-hydrogen) atoms. The fourth-order valence-electron chi connectivity index (χ4n) is 3.60. The van der Waals surface area contributed by atoms with Crippen molar-refractivity contribution in [1.82, 2.24) is 10.2 Å². The maximum atomic E-state index is 14.0. The summed E-state index contributed by atoms with van der Waals surface area (Å²) in [5.74, 6) is -0.231. The van der Waals surface area contributed by atoms with Gasteiger partial charge in [-0.1, -0.05) is 78.3 Å². The van der Waals surface area contributed by atoms with Crippen LogP contribution in [0.15, 0.2) is 78.9 Å². The zero-order valence-corrected chi connectivity index (χ0v) is 20.6. The third-order valence-electron chi connectivity index (χ3n) is 5.36. The molecule has 0 heterocycles. The van der Waals surface area contributed by atoms with Crippen molar-refractivity contribution in [3.05, 3.63) is 106 Å². The van der Waals surface area contributed by atoms with Gasteiger partial charge in [0.05, 0.1) is 5.75 Å². The second kappa shape index (κ2) is 13.2. The number of hydrogen-bond donors (Lipinski definition) is 1. The van der Waals surface area contributed by atoms with Gasteiger partial charge in [0, 0.05) is 30.3 Å². The number of carbonyl (C=O) groups is 2. The minimum absolute atomic E-state index is 0.115. The molecule has 1 atom stereocenters. The SMILES string of the molecule is CCNC(=O)[C@H](Cc1ccccc1)N(Cc1ccccc1Cl)C(=O)CSCc1ccccc1F.